The first-order chi connectivity index (χ1) is 13.4. The van der Waals surface area contributed by atoms with Crippen LogP contribution in [0.2, 0.25) is 10.0 Å². The largest absolute Gasteiger partial charge is 0.494 e. The van der Waals surface area contributed by atoms with Crippen LogP contribution in [0.15, 0.2) is 58.3 Å². The number of nitriles is 1. The lowest BCUT2D eigenvalue weighted by Gasteiger charge is -2.14. The highest BCUT2D eigenvalue weighted by Gasteiger charge is 2.18. The van der Waals surface area contributed by atoms with Crippen molar-refractivity contribution in [1.29, 1.82) is 5.26 Å². The molecule has 0 aliphatic heterocycles. The molecule has 1 heterocycles. The highest BCUT2D eigenvalue weighted by atomic mass is 35.5. The molecule has 0 saturated carbocycles. The van der Waals surface area contributed by atoms with Crippen molar-refractivity contribution >= 4 is 35.1 Å². The molecule has 5 nitrogen and oxygen atoms in total. The Morgan fingerprint density at radius 1 is 1.18 bits per heavy atom. The van der Waals surface area contributed by atoms with Crippen molar-refractivity contribution in [2.24, 2.45) is 4.99 Å². The van der Waals surface area contributed by atoms with E-state index in [9.17, 15) is 15.2 Å². The standard InChI is InChI=1S/C21H15Cl2N3O2/c1-13-15(10-24)20(27)26(12-14-6-3-2-4-7-14)21(28)16(13)11-25-18-9-5-8-17(22)19(18)23/h2-9,11,28H,12H2,1H3. The van der Waals surface area contributed by atoms with Gasteiger partial charge in [0, 0.05) is 6.21 Å². The Bertz CT molecular complexity index is 1160. The number of aliphatic imine (C=N–C) groups is 1. The molecule has 0 spiro atoms. The SMILES string of the molecule is Cc1c(C=Nc2cccc(Cl)c2Cl)c(O)n(Cc2ccccc2)c(=O)c1C#N. The van der Waals surface area contributed by atoms with Gasteiger partial charge in [0.1, 0.15) is 11.6 Å². The number of aromatic hydroxyl groups is 1. The second-order valence-electron chi connectivity index (χ2n) is 6.06. The average molecular weight is 412 g/mol. The molecule has 3 aromatic rings. The minimum atomic E-state index is -0.556. The molecule has 1 aromatic heterocycles. The molecule has 0 radical (unpaired) electrons. The van der Waals surface area contributed by atoms with Crippen LogP contribution in [0.4, 0.5) is 5.69 Å². The van der Waals surface area contributed by atoms with Crippen molar-refractivity contribution < 1.29 is 5.11 Å². The van der Waals surface area contributed by atoms with E-state index in [1.54, 1.807) is 25.1 Å². The summed E-state index contributed by atoms with van der Waals surface area (Å²) < 4.78 is 1.15. The van der Waals surface area contributed by atoms with Crippen LogP contribution in [0.25, 0.3) is 0 Å². The van der Waals surface area contributed by atoms with E-state index in [1.807, 2.05) is 36.4 Å². The summed E-state index contributed by atoms with van der Waals surface area (Å²) in [4.78, 5) is 17.0. The van der Waals surface area contributed by atoms with Crippen molar-refractivity contribution in [3.63, 3.8) is 0 Å². The second kappa shape index (κ2) is 8.30. The van der Waals surface area contributed by atoms with Gasteiger partial charge in [0.2, 0.25) is 5.88 Å². The number of aromatic nitrogens is 1. The van der Waals surface area contributed by atoms with E-state index in [1.165, 1.54) is 6.21 Å². The van der Waals surface area contributed by atoms with Gasteiger partial charge in [-0.2, -0.15) is 5.26 Å². The fourth-order valence-electron chi connectivity index (χ4n) is 2.76. The molecule has 1 N–H and O–H groups in total. The van der Waals surface area contributed by atoms with E-state index in [-0.39, 0.29) is 28.6 Å². The van der Waals surface area contributed by atoms with Gasteiger partial charge in [-0.25, -0.2) is 0 Å². The van der Waals surface area contributed by atoms with E-state index < -0.39 is 5.56 Å². The maximum Gasteiger partial charge on any atom is 0.271 e. The Morgan fingerprint density at radius 2 is 1.89 bits per heavy atom. The average Bonchev–Trinajstić information content (AvgIpc) is 2.69. The second-order valence-corrected chi connectivity index (χ2v) is 6.84. The Balaban J connectivity index is 2.14. The normalized spacial score (nSPS) is 10.9. The maximum atomic E-state index is 12.7. The van der Waals surface area contributed by atoms with Gasteiger partial charge in [-0.05, 0) is 30.2 Å². The summed E-state index contributed by atoms with van der Waals surface area (Å²) in [7, 11) is 0. The molecule has 28 heavy (non-hydrogen) atoms. The molecule has 0 amide bonds. The fourth-order valence-corrected chi connectivity index (χ4v) is 3.11. The topological polar surface area (TPSA) is 78.4 Å². The number of hydrogen-bond donors (Lipinski definition) is 1. The highest BCUT2D eigenvalue weighted by molar-refractivity contribution is 6.43. The Hall–Kier alpha value is -3.07. The lowest BCUT2D eigenvalue weighted by Crippen LogP contribution is -2.25. The summed E-state index contributed by atoms with van der Waals surface area (Å²) >= 11 is 12.1. The predicted molar refractivity (Wildman–Crippen MR) is 111 cm³/mol. The van der Waals surface area contributed by atoms with Crippen LogP contribution in [0.3, 0.4) is 0 Å². The maximum absolute atomic E-state index is 12.7. The van der Waals surface area contributed by atoms with Gasteiger partial charge >= 0.3 is 0 Å². The monoisotopic (exact) mass is 411 g/mol. The quantitative estimate of drug-likeness (QED) is 0.623. The lowest BCUT2D eigenvalue weighted by atomic mass is 10.1. The third kappa shape index (κ3) is 3.79. The molecule has 0 aliphatic carbocycles. The van der Waals surface area contributed by atoms with Crippen molar-refractivity contribution in [2.45, 2.75) is 13.5 Å². The van der Waals surface area contributed by atoms with Crippen LogP contribution in [0.1, 0.15) is 22.3 Å². The zero-order valence-electron chi connectivity index (χ0n) is 14.9. The minimum Gasteiger partial charge on any atom is -0.494 e. The molecule has 0 fully saturated rings. The van der Waals surface area contributed by atoms with Gasteiger partial charge in [0.25, 0.3) is 5.56 Å². The molecule has 0 atom stereocenters. The predicted octanol–water partition coefficient (Wildman–Crippen LogP) is 4.84. The molecule has 0 unspecified atom stereocenters. The molecule has 0 aliphatic rings. The van der Waals surface area contributed by atoms with Crippen molar-refractivity contribution in [2.75, 3.05) is 0 Å². The summed E-state index contributed by atoms with van der Waals surface area (Å²) in [6.45, 7) is 1.71. The van der Waals surface area contributed by atoms with Gasteiger partial charge in [-0.3, -0.25) is 14.4 Å². The van der Waals surface area contributed by atoms with Crippen molar-refractivity contribution in [1.82, 2.24) is 4.57 Å². The molecule has 2 aromatic carbocycles. The number of nitrogens with zero attached hydrogens (tertiary/aromatic N) is 3. The van der Waals surface area contributed by atoms with Gasteiger partial charge in [-0.1, -0.05) is 59.6 Å². The summed E-state index contributed by atoms with van der Waals surface area (Å²) in [6, 6.07) is 16.1. The van der Waals surface area contributed by atoms with E-state index in [0.717, 1.165) is 10.1 Å². The summed E-state index contributed by atoms with van der Waals surface area (Å²) in [5.41, 5.74) is 1.23. The minimum absolute atomic E-state index is 0.0487. The van der Waals surface area contributed by atoms with Crippen LogP contribution in [0.5, 0.6) is 5.88 Å². The van der Waals surface area contributed by atoms with Gasteiger partial charge < -0.3 is 5.11 Å². The number of hydrogen-bond acceptors (Lipinski definition) is 4. The van der Waals surface area contributed by atoms with Crippen molar-refractivity contribution in [3.8, 4) is 11.9 Å². The van der Waals surface area contributed by atoms with Gasteiger partial charge in [0.15, 0.2) is 0 Å². The number of rotatable bonds is 4. The third-order valence-corrected chi connectivity index (χ3v) is 5.10. The zero-order chi connectivity index (χ0) is 20.3. The molecular formula is C21H15Cl2N3O2. The van der Waals surface area contributed by atoms with Crippen LogP contribution < -0.4 is 5.56 Å². The summed E-state index contributed by atoms with van der Waals surface area (Å²) in [6.07, 6.45) is 1.38. The highest BCUT2D eigenvalue weighted by Crippen LogP contribution is 2.32. The van der Waals surface area contributed by atoms with Gasteiger partial charge in [0.05, 0.1) is 27.8 Å². The van der Waals surface area contributed by atoms with E-state index in [2.05, 4.69) is 4.99 Å². The lowest BCUT2D eigenvalue weighted by molar-refractivity contribution is 0.413. The Kier molecular flexibility index (Phi) is 5.84. The van der Waals surface area contributed by atoms with Crippen LogP contribution >= 0.6 is 23.2 Å². The van der Waals surface area contributed by atoms with Gasteiger partial charge in [-0.15, -0.1) is 0 Å². The third-order valence-electron chi connectivity index (χ3n) is 4.29. The number of halogens is 2. The number of benzene rings is 2. The Morgan fingerprint density at radius 3 is 2.57 bits per heavy atom. The first kappa shape index (κ1) is 19.7. The molecule has 0 bridgehead atoms. The van der Waals surface area contributed by atoms with E-state index in [4.69, 9.17) is 23.2 Å². The van der Waals surface area contributed by atoms with Crippen LogP contribution in [0, 0.1) is 18.3 Å². The molecule has 3 rings (SSSR count). The summed E-state index contributed by atoms with van der Waals surface area (Å²) in [5.74, 6) is -0.271. The Labute approximate surface area is 171 Å². The summed E-state index contributed by atoms with van der Waals surface area (Å²) in [5, 5.41) is 20.8. The van der Waals surface area contributed by atoms with E-state index in [0.29, 0.717) is 16.3 Å². The zero-order valence-corrected chi connectivity index (χ0v) is 16.4. The number of pyridine rings is 1. The molecule has 7 heteroatoms. The molecular weight excluding hydrogens is 397 g/mol. The molecule has 140 valence electrons. The van der Waals surface area contributed by atoms with Crippen molar-refractivity contribution in [3.05, 3.63) is 91.2 Å². The first-order valence-electron chi connectivity index (χ1n) is 8.32. The van der Waals surface area contributed by atoms with Crippen LogP contribution in [-0.4, -0.2) is 15.9 Å². The smallest absolute Gasteiger partial charge is 0.271 e. The van der Waals surface area contributed by atoms with Crippen LogP contribution in [-0.2, 0) is 6.54 Å². The fraction of sp³-hybridized carbons (Fsp3) is 0.0952. The van der Waals surface area contributed by atoms with E-state index >= 15 is 0 Å². The first-order valence-corrected chi connectivity index (χ1v) is 9.08. The molecule has 0 saturated heterocycles.